The molecule has 6 rings (SSSR count). The van der Waals surface area contributed by atoms with Crippen LogP contribution in [0.5, 0.6) is 5.75 Å². The minimum Gasteiger partial charge on any atom is -0.493 e. The zero-order chi connectivity index (χ0) is 20.8. The van der Waals surface area contributed by atoms with Gasteiger partial charge in [-0.1, -0.05) is 10.8 Å². The molecule has 2 N–H and O–H groups in total. The number of piperidine rings is 2. The highest BCUT2D eigenvalue weighted by Crippen LogP contribution is 2.53. The van der Waals surface area contributed by atoms with Gasteiger partial charge < -0.3 is 9.64 Å². The van der Waals surface area contributed by atoms with Gasteiger partial charge in [0.05, 0.1) is 22.4 Å². The third-order valence-electron chi connectivity index (χ3n) is 6.50. The number of hydrogen-bond donors (Lipinski definition) is 2. The van der Waals surface area contributed by atoms with Gasteiger partial charge in [-0.2, -0.15) is 5.26 Å². The first-order chi connectivity index (χ1) is 14.5. The van der Waals surface area contributed by atoms with E-state index in [4.69, 9.17) is 10.00 Å². The molecule has 8 heteroatoms. The Morgan fingerprint density at radius 1 is 1.17 bits per heavy atom. The lowest BCUT2D eigenvalue weighted by molar-refractivity contribution is 0.0651. The molecule has 2 saturated heterocycles. The molecule has 3 aliphatic heterocycles. The van der Waals surface area contributed by atoms with Crippen molar-refractivity contribution in [2.75, 3.05) is 18.9 Å². The number of nitrogens with zero attached hydrogens (tertiary/aromatic N) is 4. The van der Waals surface area contributed by atoms with E-state index in [-0.39, 0.29) is 5.41 Å². The monoisotopic (exact) mass is 424 g/mol. The summed E-state index contributed by atoms with van der Waals surface area (Å²) in [6.07, 6.45) is 5.71. The van der Waals surface area contributed by atoms with E-state index in [9.17, 15) is 9.11 Å². The van der Waals surface area contributed by atoms with E-state index in [2.05, 4.69) is 20.4 Å². The van der Waals surface area contributed by atoms with Crippen molar-refractivity contribution in [1.29, 1.82) is 5.26 Å². The molecule has 0 amide bonds. The van der Waals surface area contributed by atoms with Crippen LogP contribution in [0.2, 0.25) is 0 Å². The number of hydrogen-bond acceptors (Lipinski definition) is 7. The summed E-state index contributed by atoms with van der Waals surface area (Å²) in [7, 11) is -2.87. The number of ether oxygens (including phenoxy) is 1. The first-order valence-corrected chi connectivity index (χ1v) is 11.9. The molecule has 0 unspecified atom stereocenters. The zero-order valence-corrected chi connectivity index (χ0v) is 17.4. The topological polar surface area (TPSA) is 102 Å². The molecule has 0 spiro atoms. The maximum atomic E-state index is 10.2. The number of fused-ring (bicyclic) bond motifs is 2. The second-order valence-corrected chi connectivity index (χ2v) is 10.2. The molecule has 0 atom stereocenters. The number of benzene rings is 1. The van der Waals surface area contributed by atoms with Crippen molar-refractivity contribution in [3.63, 3.8) is 0 Å². The average molecular weight is 425 g/mol. The fourth-order valence-electron chi connectivity index (χ4n) is 4.79. The van der Waals surface area contributed by atoms with E-state index in [1.54, 1.807) is 12.3 Å². The van der Waals surface area contributed by atoms with Crippen LogP contribution in [0.3, 0.4) is 0 Å². The standard InChI is InChI=1S/C22H24N4O3S/c23-13-16-1-6-20(24-14-16)17-2-4-19(5-3-17)29-15-22-9-7-18(8-10-22)26-11-12-30(27,28)25-21(22)26/h1-6,14,18,27-28H,7-12,15H2. The van der Waals surface area contributed by atoms with Crippen LogP contribution in [0.15, 0.2) is 47.0 Å². The second kappa shape index (κ2) is 7.27. The molecule has 1 aromatic heterocycles. The summed E-state index contributed by atoms with van der Waals surface area (Å²) >= 11 is 0. The molecular formula is C22H24N4O3S. The van der Waals surface area contributed by atoms with E-state index in [0.717, 1.165) is 48.5 Å². The van der Waals surface area contributed by atoms with Crippen molar-refractivity contribution in [2.45, 2.75) is 31.7 Å². The maximum absolute atomic E-state index is 10.2. The van der Waals surface area contributed by atoms with E-state index in [1.807, 2.05) is 30.3 Å². The summed E-state index contributed by atoms with van der Waals surface area (Å²) in [5.74, 6) is 1.94. The summed E-state index contributed by atoms with van der Waals surface area (Å²) in [5.41, 5.74) is 2.06. The van der Waals surface area contributed by atoms with Gasteiger partial charge in [0, 0.05) is 24.3 Å². The van der Waals surface area contributed by atoms with Crippen molar-refractivity contribution >= 4 is 16.6 Å². The lowest BCUT2D eigenvalue weighted by atomic mass is 9.67. The Morgan fingerprint density at radius 2 is 1.93 bits per heavy atom. The van der Waals surface area contributed by atoms with Gasteiger partial charge in [0.1, 0.15) is 24.3 Å². The Kier molecular flexibility index (Phi) is 4.69. The minimum absolute atomic E-state index is 0.244. The van der Waals surface area contributed by atoms with Gasteiger partial charge in [0.2, 0.25) is 0 Å². The number of amidine groups is 1. The highest BCUT2D eigenvalue weighted by atomic mass is 32.3. The van der Waals surface area contributed by atoms with E-state index in [1.165, 1.54) is 0 Å². The molecule has 30 heavy (non-hydrogen) atoms. The van der Waals surface area contributed by atoms with Crippen molar-refractivity contribution in [2.24, 2.45) is 9.81 Å². The minimum atomic E-state index is -2.87. The summed E-state index contributed by atoms with van der Waals surface area (Å²) in [5, 5.41) is 8.90. The maximum Gasteiger partial charge on any atom is 0.134 e. The Labute approximate surface area is 177 Å². The van der Waals surface area contributed by atoms with Crippen molar-refractivity contribution in [3.8, 4) is 23.1 Å². The van der Waals surface area contributed by atoms with E-state index in [0.29, 0.717) is 30.5 Å². The summed E-state index contributed by atoms with van der Waals surface area (Å²) in [6.45, 7) is 1.15. The fourth-order valence-corrected chi connectivity index (χ4v) is 5.90. The van der Waals surface area contributed by atoms with Gasteiger partial charge in [0.25, 0.3) is 0 Å². The van der Waals surface area contributed by atoms with Gasteiger partial charge in [-0.25, -0.2) is 0 Å². The van der Waals surface area contributed by atoms with Crippen LogP contribution < -0.4 is 4.74 Å². The quantitative estimate of drug-likeness (QED) is 0.758. The third-order valence-corrected chi connectivity index (χ3v) is 7.69. The van der Waals surface area contributed by atoms with Gasteiger partial charge in [-0.15, -0.1) is 4.40 Å². The van der Waals surface area contributed by atoms with E-state index < -0.39 is 10.8 Å². The predicted octanol–water partition coefficient (Wildman–Crippen LogP) is 4.32. The Bertz CT molecular complexity index is 1010. The van der Waals surface area contributed by atoms with Crippen molar-refractivity contribution in [1.82, 2.24) is 9.88 Å². The highest BCUT2D eigenvalue weighted by Gasteiger charge is 2.52. The number of rotatable bonds is 4. The SMILES string of the molecule is N#Cc1ccc(-c2ccc(OCC34CCC(CC3)N3CCS(O)(O)N=C34)cc2)nc1. The van der Waals surface area contributed by atoms with Crippen LogP contribution in [-0.4, -0.2) is 49.8 Å². The molecule has 2 bridgehead atoms. The molecule has 7 nitrogen and oxygen atoms in total. The molecule has 4 heterocycles. The molecule has 4 aliphatic rings. The van der Waals surface area contributed by atoms with Gasteiger partial charge in [-0.05, 0) is 62.1 Å². The number of aromatic nitrogens is 1. The first kappa shape index (κ1) is 19.4. The Hall–Kier alpha value is -2.60. The predicted molar refractivity (Wildman–Crippen MR) is 116 cm³/mol. The lowest BCUT2D eigenvalue weighted by Crippen LogP contribution is -2.62. The summed E-state index contributed by atoms with van der Waals surface area (Å²) in [6, 6.07) is 13.9. The summed E-state index contributed by atoms with van der Waals surface area (Å²) in [4.78, 5) is 6.61. The molecule has 3 fully saturated rings. The van der Waals surface area contributed by atoms with Crippen LogP contribution in [0.25, 0.3) is 11.3 Å². The van der Waals surface area contributed by atoms with E-state index >= 15 is 0 Å². The van der Waals surface area contributed by atoms with Gasteiger partial charge in [-0.3, -0.25) is 14.1 Å². The highest BCUT2D eigenvalue weighted by molar-refractivity contribution is 8.23. The average Bonchev–Trinajstić information content (AvgIpc) is 2.78. The smallest absolute Gasteiger partial charge is 0.134 e. The number of pyridine rings is 1. The van der Waals surface area contributed by atoms with Gasteiger partial charge >= 0.3 is 0 Å². The van der Waals surface area contributed by atoms with Crippen LogP contribution in [-0.2, 0) is 0 Å². The van der Waals surface area contributed by atoms with Crippen molar-refractivity contribution < 1.29 is 13.8 Å². The van der Waals surface area contributed by atoms with Crippen LogP contribution in [0.1, 0.15) is 31.2 Å². The van der Waals surface area contributed by atoms with Crippen LogP contribution in [0, 0.1) is 16.7 Å². The largest absolute Gasteiger partial charge is 0.493 e. The third kappa shape index (κ3) is 3.43. The normalized spacial score (nSPS) is 27.6. The lowest BCUT2D eigenvalue weighted by Gasteiger charge is -2.56. The Balaban J connectivity index is 1.32. The molecule has 0 radical (unpaired) electrons. The molecule has 2 aromatic rings. The van der Waals surface area contributed by atoms with Crippen molar-refractivity contribution in [3.05, 3.63) is 48.2 Å². The fraction of sp³-hybridized carbons (Fsp3) is 0.409. The molecule has 156 valence electrons. The molecule has 1 saturated carbocycles. The zero-order valence-electron chi connectivity index (χ0n) is 16.6. The molecule has 1 aromatic carbocycles. The summed E-state index contributed by atoms with van der Waals surface area (Å²) < 4.78 is 30.9. The Morgan fingerprint density at radius 3 is 2.60 bits per heavy atom. The van der Waals surface area contributed by atoms with Crippen LogP contribution >= 0.6 is 10.8 Å². The molecule has 1 aliphatic carbocycles. The van der Waals surface area contributed by atoms with Gasteiger partial charge in [0.15, 0.2) is 0 Å². The second-order valence-electron chi connectivity index (χ2n) is 8.31. The first-order valence-electron chi connectivity index (χ1n) is 10.2. The number of nitriles is 1. The van der Waals surface area contributed by atoms with Crippen LogP contribution in [0.4, 0.5) is 0 Å². The molecular weight excluding hydrogens is 400 g/mol.